The van der Waals surface area contributed by atoms with Crippen molar-refractivity contribution in [2.24, 2.45) is 5.92 Å². The number of nitrogens with one attached hydrogen (secondary N) is 3. The highest BCUT2D eigenvalue weighted by molar-refractivity contribution is 6.00. The van der Waals surface area contributed by atoms with Crippen LogP contribution in [0.15, 0.2) is 24.3 Å². The quantitative estimate of drug-likeness (QED) is 0.749. The Hall–Kier alpha value is -2.77. The Bertz CT molecular complexity index is 676. The molecule has 0 radical (unpaired) electrons. The minimum Gasteiger partial charge on any atom is -0.497 e. The van der Waals surface area contributed by atoms with Crippen LogP contribution >= 0.6 is 0 Å². The van der Waals surface area contributed by atoms with E-state index in [2.05, 4.69) is 16.0 Å². The Morgan fingerprint density at radius 3 is 2.48 bits per heavy atom. The Labute approximate surface area is 145 Å². The van der Waals surface area contributed by atoms with Crippen molar-refractivity contribution in [3.63, 3.8) is 0 Å². The largest absolute Gasteiger partial charge is 0.497 e. The Kier molecular flexibility index (Phi) is 4.78. The van der Waals surface area contributed by atoms with Crippen molar-refractivity contribution in [1.29, 1.82) is 0 Å². The summed E-state index contributed by atoms with van der Waals surface area (Å²) in [4.78, 5) is 38.4. The maximum atomic E-state index is 12.5. The zero-order valence-corrected chi connectivity index (χ0v) is 14.2. The number of urea groups is 2. The van der Waals surface area contributed by atoms with Crippen molar-refractivity contribution < 1.29 is 19.1 Å². The second kappa shape index (κ2) is 7.00. The number of benzene rings is 1. The fraction of sp³-hybridized carbons (Fsp3) is 0.471. The van der Waals surface area contributed by atoms with E-state index in [0.29, 0.717) is 12.3 Å². The van der Waals surface area contributed by atoms with Crippen molar-refractivity contribution >= 4 is 18.0 Å². The maximum absolute atomic E-state index is 12.5. The number of methoxy groups -OCH3 is 1. The topological polar surface area (TPSA) is 99.8 Å². The summed E-state index contributed by atoms with van der Waals surface area (Å²) in [5, 5.41) is 7.94. The third kappa shape index (κ3) is 3.24. The van der Waals surface area contributed by atoms with E-state index in [4.69, 9.17) is 4.74 Å². The molecule has 0 saturated carbocycles. The Balaban J connectivity index is 1.92. The lowest BCUT2D eigenvalue weighted by atomic mass is 9.86. The van der Waals surface area contributed by atoms with Crippen molar-refractivity contribution in [3.8, 4) is 5.75 Å². The second-order valence-corrected chi connectivity index (χ2v) is 6.18. The molecule has 3 atom stereocenters. The summed E-state index contributed by atoms with van der Waals surface area (Å²) in [6, 6.07) is 5.79. The fourth-order valence-electron chi connectivity index (χ4n) is 3.30. The molecular weight excluding hydrogens is 324 g/mol. The van der Waals surface area contributed by atoms with E-state index in [1.807, 2.05) is 19.1 Å². The first-order valence-electron chi connectivity index (χ1n) is 8.37. The van der Waals surface area contributed by atoms with Crippen LogP contribution in [0, 0.1) is 5.92 Å². The number of fused-ring (bicyclic) bond motifs is 1. The highest BCUT2D eigenvalue weighted by Gasteiger charge is 2.49. The number of rotatable bonds is 5. The number of carbonyl (C=O) groups is 3. The van der Waals surface area contributed by atoms with Crippen LogP contribution < -0.4 is 20.7 Å². The molecule has 0 spiro atoms. The molecule has 2 saturated heterocycles. The molecule has 1 aromatic carbocycles. The van der Waals surface area contributed by atoms with Crippen LogP contribution in [-0.2, 0) is 4.79 Å². The fourth-order valence-corrected chi connectivity index (χ4v) is 3.30. The average Bonchev–Trinajstić information content (AvgIpc) is 2.60. The van der Waals surface area contributed by atoms with Crippen LogP contribution in [0.1, 0.15) is 31.4 Å². The molecule has 2 fully saturated rings. The van der Waals surface area contributed by atoms with E-state index in [0.717, 1.165) is 18.4 Å². The molecule has 0 aromatic heterocycles. The molecule has 1 aromatic rings. The minimum absolute atomic E-state index is 0.393. The number of imide groups is 1. The molecule has 8 nitrogen and oxygen atoms in total. The summed E-state index contributed by atoms with van der Waals surface area (Å²) >= 11 is 0. The third-order valence-corrected chi connectivity index (χ3v) is 4.62. The highest BCUT2D eigenvalue weighted by Crippen LogP contribution is 2.32. The van der Waals surface area contributed by atoms with Gasteiger partial charge in [-0.2, -0.15) is 0 Å². The predicted octanol–water partition coefficient (Wildman–Crippen LogP) is 1.34. The Morgan fingerprint density at radius 2 is 1.84 bits per heavy atom. The van der Waals surface area contributed by atoms with Gasteiger partial charge in [0, 0.05) is 6.54 Å². The van der Waals surface area contributed by atoms with Crippen LogP contribution in [0.3, 0.4) is 0 Å². The van der Waals surface area contributed by atoms with E-state index in [1.54, 1.807) is 19.2 Å². The number of carbonyl (C=O) groups excluding carboxylic acids is 3. The maximum Gasteiger partial charge on any atom is 0.325 e. The molecule has 25 heavy (non-hydrogen) atoms. The lowest BCUT2D eigenvalue weighted by molar-refractivity contribution is -0.130. The number of nitrogens with zero attached hydrogens (tertiary/aromatic N) is 1. The monoisotopic (exact) mass is 346 g/mol. The van der Waals surface area contributed by atoms with Gasteiger partial charge in [-0.25, -0.2) is 9.59 Å². The van der Waals surface area contributed by atoms with Crippen LogP contribution in [0.2, 0.25) is 0 Å². The van der Waals surface area contributed by atoms with Gasteiger partial charge < -0.3 is 20.3 Å². The van der Waals surface area contributed by atoms with Gasteiger partial charge in [0.2, 0.25) is 5.91 Å². The van der Waals surface area contributed by atoms with Crippen molar-refractivity contribution in [2.75, 3.05) is 13.7 Å². The molecule has 2 aliphatic rings. The predicted molar refractivity (Wildman–Crippen MR) is 89.8 cm³/mol. The van der Waals surface area contributed by atoms with Gasteiger partial charge in [0.25, 0.3) is 0 Å². The van der Waals surface area contributed by atoms with Gasteiger partial charge in [0.05, 0.1) is 13.2 Å². The normalized spacial score (nSPS) is 25.6. The van der Waals surface area contributed by atoms with E-state index < -0.39 is 36.1 Å². The molecule has 0 aliphatic carbocycles. The van der Waals surface area contributed by atoms with Gasteiger partial charge in [-0.3, -0.25) is 10.1 Å². The molecule has 2 heterocycles. The third-order valence-electron chi connectivity index (χ3n) is 4.62. The SMILES string of the molecule is CCCCN1C(=O)NC(=O)C2C(c3ccc(OC)cc3)NC(=O)NC21. The second-order valence-electron chi connectivity index (χ2n) is 6.18. The summed E-state index contributed by atoms with van der Waals surface area (Å²) in [7, 11) is 1.57. The van der Waals surface area contributed by atoms with E-state index in [-0.39, 0.29) is 0 Å². The Morgan fingerprint density at radius 1 is 1.12 bits per heavy atom. The first-order valence-corrected chi connectivity index (χ1v) is 8.37. The molecule has 3 N–H and O–H groups in total. The van der Waals surface area contributed by atoms with Crippen molar-refractivity contribution in [3.05, 3.63) is 29.8 Å². The molecule has 2 aliphatic heterocycles. The first-order chi connectivity index (χ1) is 12.0. The van der Waals surface area contributed by atoms with Crippen molar-refractivity contribution in [1.82, 2.24) is 20.9 Å². The van der Waals surface area contributed by atoms with Gasteiger partial charge in [0.1, 0.15) is 17.8 Å². The molecule has 3 rings (SSSR count). The molecule has 5 amide bonds. The minimum atomic E-state index is -0.659. The van der Waals surface area contributed by atoms with Gasteiger partial charge in [-0.1, -0.05) is 25.5 Å². The molecule has 0 bridgehead atoms. The van der Waals surface area contributed by atoms with Gasteiger partial charge in [-0.05, 0) is 24.1 Å². The number of hydrogen-bond donors (Lipinski definition) is 3. The van der Waals surface area contributed by atoms with Gasteiger partial charge in [-0.15, -0.1) is 0 Å². The lowest BCUT2D eigenvalue weighted by Gasteiger charge is -2.46. The van der Waals surface area contributed by atoms with Crippen LogP contribution in [0.4, 0.5) is 9.59 Å². The molecule has 8 heteroatoms. The lowest BCUT2D eigenvalue weighted by Crippen LogP contribution is -2.72. The molecule has 3 unspecified atom stereocenters. The standard InChI is InChI=1S/C17H22N4O4/c1-3-4-9-21-14-12(15(22)20-17(21)24)13(18-16(23)19-14)10-5-7-11(25-2)8-6-10/h5-8,12-14H,3-4,9H2,1-2H3,(H2,18,19,23)(H,20,22,24). The summed E-state index contributed by atoms with van der Waals surface area (Å²) in [5.74, 6) is -0.315. The summed E-state index contributed by atoms with van der Waals surface area (Å²) < 4.78 is 5.15. The van der Waals surface area contributed by atoms with Crippen LogP contribution in [0.25, 0.3) is 0 Å². The van der Waals surface area contributed by atoms with Crippen molar-refractivity contribution in [2.45, 2.75) is 32.0 Å². The summed E-state index contributed by atoms with van der Waals surface area (Å²) in [5.41, 5.74) is 0.783. The van der Waals surface area contributed by atoms with E-state index in [1.165, 1.54) is 4.90 Å². The number of ether oxygens (including phenoxy) is 1. The van der Waals surface area contributed by atoms with Gasteiger partial charge >= 0.3 is 12.1 Å². The first kappa shape index (κ1) is 17.1. The van der Waals surface area contributed by atoms with E-state index >= 15 is 0 Å². The smallest absolute Gasteiger partial charge is 0.325 e. The zero-order chi connectivity index (χ0) is 18.0. The number of amides is 5. The van der Waals surface area contributed by atoms with Crippen LogP contribution in [-0.4, -0.2) is 42.7 Å². The molecule has 134 valence electrons. The van der Waals surface area contributed by atoms with Crippen LogP contribution in [0.5, 0.6) is 5.75 Å². The summed E-state index contributed by atoms with van der Waals surface area (Å²) in [6.45, 7) is 2.50. The van der Waals surface area contributed by atoms with Gasteiger partial charge in [0.15, 0.2) is 0 Å². The average molecular weight is 346 g/mol. The highest BCUT2D eigenvalue weighted by atomic mass is 16.5. The van der Waals surface area contributed by atoms with E-state index in [9.17, 15) is 14.4 Å². The summed E-state index contributed by atoms with van der Waals surface area (Å²) in [6.07, 6.45) is 1.04. The number of hydrogen-bond acceptors (Lipinski definition) is 4. The number of unbranched alkanes of at least 4 members (excludes halogenated alkanes) is 1. The molecular formula is C17H22N4O4. The zero-order valence-electron chi connectivity index (χ0n) is 14.2.